The van der Waals surface area contributed by atoms with Gasteiger partial charge in [0.05, 0.1) is 10.5 Å². The summed E-state index contributed by atoms with van der Waals surface area (Å²) in [5, 5.41) is 11.3. The number of hydrogen-bond acceptors (Lipinski definition) is 2. The van der Waals surface area contributed by atoms with Crippen LogP contribution in [0, 0.1) is 30.9 Å². The maximum absolute atomic E-state index is 11.3. The van der Waals surface area contributed by atoms with Crippen LogP contribution in [0.1, 0.15) is 27.8 Å². The first kappa shape index (κ1) is 14.0. The van der Waals surface area contributed by atoms with Crippen LogP contribution in [0.15, 0.2) is 42.5 Å². The second kappa shape index (κ2) is 5.70. The highest BCUT2D eigenvalue weighted by atomic mass is 16.6. The van der Waals surface area contributed by atoms with Gasteiger partial charge < -0.3 is 0 Å². The van der Waals surface area contributed by atoms with Crippen molar-refractivity contribution in [3.8, 4) is 0 Å². The topological polar surface area (TPSA) is 43.1 Å². The van der Waals surface area contributed by atoms with Gasteiger partial charge in [-0.25, -0.2) is 0 Å². The second-order valence-electron chi connectivity index (χ2n) is 4.95. The maximum atomic E-state index is 11.3. The minimum atomic E-state index is -0.329. The lowest BCUT2D eigenvalue weighted by Gasteiger charge is -2.06. The van der Waals surface area contributed by atoms with Crippen LogP contribution in [0.2, 0.25) is 0 Å². The van der Waals surface area contributed by atoms with Crippen molar-refractivity contribution in [3.05, 3.63) is 80.4 Å². The Hall–Kier alpha value is -2.42. The average molecular weight is 267 g/mol. The van der Waals surface area contributed by atoms with E-state index in [1.165, 1.54) is 5.56 Å². The van der Waals surface area contributed by atoms with Crippen molar-refractivity contribution in [1.82, 2.24) is 0 Å². The quantitative estimate of drug-likeness (QED) is 0.470. The molecule has 0 aromatic heterocycles. The Morgan fingerprint density at radius 1 is 1.00 bits per heavy atom. The van der Waals surface area contributed by atoms with E-state index in [0.717, 1.165) is 16.7 Å². The number of rotatable bonds is 3. The minimum absolute atomic E-state index is 0.122. The number of aryl methyl sites for hydroxylation is 3. The van der Waals surface area contributed by atoms with Crippen molar-refractivity contribution in [2.45, 2.75) is 20.8 Å². The molecule has 0 saturated carbocycles. The van der Waals surface area contributed by atoms with E-state index in [-0.39, 0.29) is 10.6 Å². The number of nitrogens with zero attached hydrogens (tertiary/aromatic N) is 1. The lowest BCUT2D eigenvalue weighted by Crippen LogP contribution is -1.98. The van der Waals surface area contributed by atoms with E-state index in [1.54, 1.807) is 30.3 Å². The fourth-order valence-corrected chi connectivity index (χ4v) is 2.14. The van der Waals surface area contributed by atoms with Gasteiger partial charge in [0.1, 0.15) is 0 Å². The Morgan fingerprint density at radius 3 is 2.20 bits per heavy atom. The molecule has 0 heterocycles. The first-order chi connectivity index (χ1) is 9.49. The van der Waals surface area contributed by atoms with E-state index >= 15 is 0 Å². The Balaban J connectivity index is 2.56. The summed E-state index contributed by atoms with van der Waals surface area (Å²) in [5.74, 6) is 0. The third-order valence-electron chi connectivity index (χ3n) is 3.44. The zero-order valence-corrected chi connectivity index (χ0v) is 11.9. The molecule has 0 atom stereocenters. The number of nitro groups is 1. The first-order valence-corrected chi connectivity index (χ1v) is 6.48. The summed E-state index contributed by atoms with van der Waals surface area (Å²) < 4.78 is 0. The van der Waals surface area contributed by atoms with Gasteiger partial charge in [0.25, 0.3) is 5.70 Å². The zero-order valence-electron chi connectivity index (χ0n) is 11.9. The maximum Gasteiger partial charge on any atom is 0.277 e. The molecule has 0 N–H and O–H groups in total. The molecule has 3 nitrogen and oxygen atoms in total. The van der Waals surface area contributed by atoms with Crippen LogP contribution in [0.5, 0.6) is 0 Å². The summed E-state index contributed by atoms with van der Waals surface area (Å²) in [6.45, 7) is 6.03. The van der Waals surface area contributed by atoms with Gasteiger partial charge in [-0.3, -0.25) is 10.1 Å². The molecule has 20 heavy (non-hydrogen) atoms. The molecule has 0 fully saturated rings. The molecule has 0 amide bonds. The monoisotopic (exact) mass is 267 g/mol. The van der Waals surface area contributed by atoms with Gasteiger partial charge in [-0.15, -0.1) is 0 Å². The SMILES string of the molecule is Cc1cc(C)c(C=C(c2ccccc2)[N+](=O)[O-])cc1C. The van der Waals surface area contributed by atoms with Crippen LogP contribution in [0.4, 0.5) is 0 Å². The summed E-state index contributed by atoms with van der Waals surface area (Å²) in [7, 11) is 0. The van der Waals surface area contributed by atoms with Gasteiger partial charge in [0, 0.05) is 6.08 Å². The Labute approximate surface area is 118 Å². The van der Waals surface area contributed by atoms with Crippen LogP contribution in [-0.2, 0) is 0 Å². The van der Waals surface area contributed by atoms with Crippen LogP contribution in [-0.4, -0.2) is 4.92 Å². The van der Waals surface area contributed by atoms with Crippen molar-refractivity contribution in [3.63, 3.8) is 0 Å². The standard InChI is InChI=1S/C17H17NO2/c1-12-9-14(3)16(10-13(12)2)11-17(18(19)20)15-7-5-4-6-8-15/h4-11H,1-3H3. The summed E-state index contributed by atoms with van der Waals surface area (Å²) in [5.41, 5.74) is 5.01. The first-order valence-electron chi connectivity index (χ1n) is 6.48. The van der Waals surface area contributed by atoms with Crippen LogP contribution in [0.3, 0.4) is 0 Å². The van der Waals surface area contributed by atoms with Gasteiger partial charge in [0.2, 0.25) is 0 Å². The van der Waals surface area contributed by atoms with Gasteiger partial charge >= 0.3 is 0 Å². The van der Waals surface area contributed by atoms with Gasteiger partial charge in [-0.05, 0) is 55.2 Å². The normalized spacial score (nSPS) is 11.4. The molecule has 2 aromatic rings. The highest BCUT2D eigenvalue weighted by Gasteiger charge is 2.14. The summed E-state index contributed by atoms with van der Waals surface area (Å²) >= 11 is 0. The Kier molecular flexibility index (Phi) is 3.99. The average Bonchev–Trinajstić information content (AvgIpc) is 2.42. The molecule has 2 aromatic carbocycles. The fraction of sp³-hybridized carbons (Fsp3) is 0.176. The summed E-state index contributed by atoms with van der Waals surface area (Å²) in [6.07, 6.45) is 1.65. The van der Waals surface area contributed by atoms with Gasteiger partial charge in [-0.1, -0.05) is 30.3 Å². The number of hydrogen-bond donors (Lipinski definition) is 0. The van der Waals surface area contributed by atoms with E-state index in [0.29, 0.717) is 5.56 Å². The van der Waals surface area contributed by atoms with E-state index in [4.69, 9.17) is 0 Å². The molecule has 2 rings (SSSR count). The second-order valence-corrected chi connectivity index (χ2v) is 4.95. The zero-order chi connectivity index (χ0) is 14.7. The van der Waals surface area contributed by atoms with Crippen LogP contribution >= 0.6 is 0 Å². The fourth-order valence-electron chi connectivity index (χ4n) is 2.14. The smallest absolute Gasteiger partial charge is 0.258 e. The summed E-state index contributed by atoms with van der Waals surface area (Å²) in [6, 6.07) is 13.0. The van der Waals surface area contributed by atoms with Gasteiger partial charge in [-0.2, -0.15) is 0 Å². The van der Waals surface area contributed by atoms with Crippen LogP contribution < -0.4 is 0 Å². The van der Waals surface area contributed by atoms with Crippen LogP contribution in [0.25, 0.3) is 11.8 Å². The highest BCUT2D eigenvalue weighted by molar-refractivity contribution is 5.77. The molecule has 0 spiro atoms. The molecular weight excluding hydrogens is 250 g/mol. The van der Waals surface area contributed by atoms with Crippen molar-refractivity contribution in [1.29, 1.82) is 0 Å². The molecule has 0 radical (unpaired) electrons. The van der Waals surface area contributed by atoms with E-state index in [9.17, 15) is 10.1 Å². The molecule has 102 valence electrons. The van der Waals surface area contributed by atoms with Crippen molar-refractivity contribution < 1.29 is 4.92 Å². The molecule has 0 aliphatic rings. The Morgan fingerprint density at radius 2 is 1.60 bits per heavy atom. The van der Waals surface area contributed by atoms with Crippen molar-refractivity contribution >= 4 is 11.8 Å². The predicted octanol–water partition coefficient (Wildman–Crippen LogP) is 4.39. The minimum Gasteiger partial charge on any atom is -0.258 e. The molecule has 0 aliphatic heterocycles. The van der Waals surface area contributed by atoms with Crippen molar-refractivity contribution in [2.75, 3.05) is 0 Å². The molecule has 0 bridgehead atoms. The predicted molar refractivity (Wildman–Crippen MR) is 82.0 cm³/mol. The van der Waals surface area contributed by atoms with Gasteiger partial charge in [0.15, 0.2) is 0 Å². The molecule has 0 saturated heterocycles. The Bertz CT molecular complexity index is 673. The molecule has 0 unspecified atom stereocenters. The van der Waals surface area contributed by atoms with E-state index < -0.39 is 0 Å². The molecule has 0 aliphatic carbocycles. The van der Waals surface area contributed by atoms with Crippen molar-refractivity contribution in [2.24, 2.45) is 0 Å². The van der Waals surface area contributed by atoms with E-state index in [2.05, 4.69) is 6.07 Å². The highest BCUT2D eigenvalue weighted by Crippen LogP contribution is 2.22. The molecular formula is C17H17NO2. The lowest BCUT2D eigenvalue weighted by atomic mass is 9.99. The largest absolute Gasteiger partial charge is 0.277 e. The number of benzene rings is 2. The third kappa shape index (κ3) is 2.94. The molecule has 3 heteroatoms. The lowest BCUT2D eigenvalue weighted by molar-refractivity contribution is -0.374. The van der Waals surface area contributed by atoms with E-state index in [1.807, 2.05) is 32.9 Å². The summed E-state index contributed by atoms with van der Waals surface area (Å²) in [4.78, 5) is 11.0. The third-order valence-corrected chi connectivity index (χ3v) is 3.44.